The van der Waals surface area contributed by atoms with Crippen LogP contribution in [0.2, 0.25) is 0 Å². The van der Waals surface area contributed by atoms with E-state index >= 15 is 0 Å². The van der Waals surface area contributed by atoms with Crippen LogP contribution in [0, 0.1) is 16.7 Å². The summed E-state index contributed by atoms with van der Waals surface area (Å²) in [4.78, 5) is 11.4. The molecule has 102 valence electrons. The van der Waals surface area contributed by atoms with Crippen LogP contribution in [0.15, 0.2) is 0 Å². The maximum absolute atomic E-state index is 11.4. The number of hydrogen-bond donors (Lipinski definition) is 0. The minimum Gasteiger partial charge on any atom is -0.374 e. The highest BCUT2D eigenvalue weighted by Gasteiger charge is 2.32. The summed E-state index contributed by atoms with van der Waals surface area (Å²) in [5, 5.41) is 0. The van der Waals surface area contributed by atoms with Gasteiger partial charge < -0.3 is 4.74 Å². The van der Waals surface area contributed by atoms with Crippen LogP contribution < -0.4 is 0 Å². The third-order valence-electron chi connectivity index (χ3n) is 3.80. The summed E-state index contributed by atoms with van der Waals surface area (Å²) in [7, 11) is 0. The lowest BCUT2D eigenvalue weighted by atomic mass is 9.67. The molecule has 0 spiro atoms. The fraction of sp³-hybridized carbons (Fsp3) is 0.933. The zero-order chi connectivity index (χ0) is 13.7. The van der Waals surface area contributed by atoms with Gasteiger partial charge in [0.2, 0.25) is 0 Å². The second-order valence-electron chi connectivity index (χ2n) is 7.07. The first kappa shape index (κ1) is 16.6. The van der Waals surface area contributed by atoms with Crippen molar-refractivity contribution in [2.75, 3.05) is 13.2 Å². The first-order chi connectivity index (χ1) is 7.56. The molecule has 0 aromatic rings. The van der Waals surface area contributed by atoms with Gasteiger partial charge in [0.15, 0.2) is 5.78 Å². The average molecular weight is 242 g/mol. The highest BCUT2D eigenvalue weighted by molar-refractivity contribution is 5.79. The van der Waals surface area contributed by atoms with E-state index in [0.29, 0.717) is 18.9 Å². The predicted molar refractivity (Wildman–Crippen MR) is 73.1 cm³/mol. The molecule has 0 aliphatic rings. The van der Waals surface area contributed by atoms with Crippen molar-refractivity contribution in [2.45, 2.75) is 61.3 Å². The number of hydrogen-bond acceptors (Lipinski definition) is 2. The largest absolute Gasteiger partial charge is 0.374 e. The van der Waals surface area contributed by atoms with Crippen LogP contribution >= 0.6 is 0 Å². The molecule has 0 saturated heterocycles. The van der Waals surface area contributed by atoms with E-state index in [4.69, 9.17) is 4.74 Å². The summed E-state index contributed by atoms with van der Waals surface area (Å²) in [5.74, 6) is 0.644. The van der Waals surface area contributed by atoms with E-state index in [-0.39, 0.29) is 23.2 Å². The summed E-state index contributed by atoms with van der Waals surface area (Å²) >= 11 is 0. The second kappa shape index (κ2) is 6.53. The van der Waals surface area contributed by atoms with Crippen molar-refractivity contribution >= 4 is 5.78 Å². The van der Waals surface area contributed by atoms with Gasteiger partial charge in [-0.3, -0.25) is 4.79 Å². The van der Waals surface area contributed by atoms with Crippen molar-refractivity contribution < 1.29 is 9.53 Å². The molecule has 0 bridgehead atoms. The van der Waals surface area contributed by atoms with Crippen molar-refractivity contribution in [2.24, 2.45) is 16.7 Å². The SMILES string of the molecule is CC(C)CC(=O)COCCC(C)(C)C(C)(C)C. The van der Waals surface area contributed by atoms with Crippen molar-refractivity contribution in [1.82, 2.24) is 0 Å². The predicted octanol–water partition coefficient (Wildman–Crippen LogP) is 4.08. The van der Waals surface area contributed by atoms with Crippen molar-refractivity contribution in [3.63, 3.8) is 0 Å². The minimum atomic E-state index is 0.216. The molecule has 0 aromatic carbocycles. The smallest absolute Gasteiger partial charge is 0.158 e. The van der Waals surface area contributed by atoms with E-state index in [0.717, 1.165) is 6.42 Å². The number of ether oxygens (including phenoxy) is 1. The van der Waals surface area contributed by atoms with Gasteiger partial charge in [-0.25, -0.2) is 0 Å². The Balaban J connectivity index is 3.82. The summed E-state index contributed by atoms with van der Waals surface area (Å²) in [6.45, 7) is 16.3. The maximum Gasteiger partial charge on any atom is 0.158 e. The molecule has 0 atom stereocenters. The lowest BCUT2D eigenvalue weighted by molar-refractivity contribution is -0.124. The highest BCUT2D eigenvalue weighted by atomic mass is 16.5. The highest BCUT2D eigenvalue weighted by Crippen LogP contribution is 2.40. The molecule has 0 unspecified atom stereocenters. The third-order valence-corrected chi connectivity index (χ3v) is 3.80. The first-order valence-corrected chi connectivity index (χ1v) is 6.66. The number of Topliss-reactive ketones (excluding diaryl/α,β-unsaturated/α-hetero) is 1. The lowest BCUT2D eigenvalue weighted by Crippen LogP contribution is -2.31. The van der Waals surface area contributed by atoms with E-state index in [9.17, 15) is 4.79 Å². The van der Waals surface area contributed by atoms with Gasteiger partial charge in [-0.05, 0) is 23.2 Å². The quantitative estimate of drug-likeness (QED) is 0.629. The van der Waals surface area contributed by atoms with Crippen LogP contribution in [0.25, 0.3) is 0 Å². The van der Waals surface area contributed by atoms with Crippen LogP contribution in [-0.2, 0) is 9.53 Å². The number of carbonyl (C=O) groups is 1. The fourth-order valence-electron chi connectivity index (χ4n) is 1.40. The summed E-state index contributed by atoms with van der Waals surface area (Å²) < 4.78 is 5.48. The molecular weight excluding hydrogens is 212 g/mol. The van der Waals surface area contributed by atoms with Gasteiger partial charge in [-0.1, -0.05) is 48.5 Å². The van der Waals surface area contributed by atoms with Gasteiger partial charge in [0, 0.05) is 13.0 Å². The molecule has 0 aliphatic carbocycles. The van der Waals surface area contributed by atoms with E-state index in [1.165, 1.54) is 0 Å². The molecular formula is C15H30O2. The molecule has 0 heterocycles. The van der Waals surface area contributed by atoms with Crippen molar-refractivity contribution in [3.05, 3.63) is 0 Å². The van der Waals surface area contributed by atoms with Crippen molar-refractivity contribution in [3.8, 4) is 0 Å². The molecule has 0 aromatic heterocycles. The Hall–Kier alpha value is -0.370. The zero-order valence-electron chi connectivity index (χ0n) is 12.7. The standard InChI is InChI=1S/C15H30O2/c1-12(2)10-13(16)11-17-9-8-15(6,7)14(3,4)5/h12H,8-11H2,1-7H3. The molecule has 2 heteroatoms. The Labute approximate surface area is 107 Å². The number of ketones is 1. The Morgan fingerprint density at radius 1 is 1.12 bits per heavy atom. The van der Waals surface area contributed by atoms with Gasteiger partial charge in [-0.2, -0.15) is 0 Å². The van der Waals surface area contributed by atoms with Gasteiger partial charge >= 0.3 is 0 Å². The molecule has 0 rings (SSSR count). The zero-order valence-corrected chi connectivity index (χ0v) is 12.7. The molecule has 0 radical (unpaired) electrons. The molecule has 0 aliphatic heterocycles. The maximum atomic E-state index is 11.4. The normalized spacial score (nSPS) is 13.2. The molecule has 2 nitrogen and oxygen atoms in total. The van der Waals surface area contributed by atoms with E-state index < -0.39 is 0 Å². The Morgan fingerprint density at radius 2 is 1.65 bits per heavy atom. The molecule has 0 amide bonds. The van der Waals surface area contributed by atoms with Gasteiger partial charge in [0.05, 0.1) is 0 Å². The Bertz CT molecular complexity index is 234. The van der Waals surface area contributed by atoms with E-state index in [1.807, 2.05) is 0 Å². The average Bonchev–Trinajstić information content (AvgIpc) is 2.09. The van der Waals surface area contributed by atoms with Gasteiger partial charge in [-0.15, -0.1) is 0 Å². The Morgan fingerprint density at radius 3 is 2.06 bits per heavy atom. The number of rotatable bonds is 7. The Kier molecular flexibility index (Phi) is 6.39. The van der Waals surface area contributed by atoms with Crippen molar-refractivity contribution in [1.29, 1.82) is 0 Å². The van der Waals surface area contributed by atoms with Crippen LogP contribution in [0.4, 0.5) is 0 Å². The topological polar surface area (TPSA) is 26.3 Å². The lowest BCUT2D eigenvalue weighted by Gasteiger charge is -2.38. The minimum absolute atomic E-state index is 0.216. The monoisotopic (exact) mass is 242 g/mol. The van der Waals surface area contributed by atoms with Crippen LogP contribution in [0.1, 0.15) is 61.3 Å². The van der Waals surface area contributed by atoms with E-state index in [1.54, 1.807) is 0 Å². The van der Waals surface area contributed by atoms with Gasteiger partial charge in [0.1, 0.15) is 6.61 Å². The summed E-state index contributed by atoms with van der Waals surface area (Å²) in [6.07, 6.45) is 1.62. The first-order valence-electron chi connectivity index (χ1n) is 6.66. The number of carbonyl (C=O) groups excluding carboxylic acids is 1. The molecule has 0 N–H and O–H groups in total. The third kappa shape index (κ3) is 6.82. The van der Waals surface area contributed by atoms with Gasteiger partial charge in [0.25, 0.3) is 0 Å². The van der Waals surface area contributed by atoms with Crippen LogP contribution in [0.3, 0.4) is 0 Å². The second-order valence-corrected chi connectivity index (χ2v) is 7.07. The molecule has 17 heavy (non-hydrogen) atoms. The summed E-state index contributed by atoms with van der Waals surface area (Å²) in [5.41, 5.74) is 0.492. The fourth-order valence-corrected chi connectivity index (χ4v) is 1.40. The summed E-state index contributed by atoms with van der Waals surface area (Å²) in [6, 6.07) is 0. The van der Waals surface area contributed by atoms with Crippen LogP contribution in [0.5, 0.6) is 0 Å². The van der Waals surface area contributed by atoms with Crippen LogP contribution in [-0.4, -0.2) is 19.0 Å². The molecule has 0 fully saturated rings. The van der Waals surface area contributed by atoms with E-state index in [2.05, 4.69) is 48.5 Å². The molecule has 0 saturated carbocycles.